The Balaban J connectivity index is 0. The number of carboxylic acids is 2. The lowest BCUT2D eigenvalue weighted by Gasteiger charge is -1.97. The summed E-state index contributed by atoms with van der Waals surface area (Å²) < 4.78 is 4.02. The zero-order chi connectivity index (χ0) is 13.3. The van der Waals surface area contributed by atoms with Crippen LogP contribution in [0.15, 0.2) is 0 Å². The number of ether oxygens (including phenoxy) is 1. The van der Waals surface area contributed by atoms with Crippen molar-refractivity contribution in [2.45, 2.75) is 19.4 Å². The predicted molar refractivity (Wildman–Crippen MR) is 48.6 cm³/mol. The summed E-state index contributed by atoms with van der Waals surface area (Å²) in [6, 6.07) is 0. The summed E-state index contributed by atoms with van der Waals surface area (Å²) in [5.41, 5.74) is 0. The van der Waals surface area contributed by atoms with Crippen molar-refractivity contribution in [3.8, 4) is 0 Å². The number of hydrogen-bond donors (Lipinski definition) is 3. The van der Waals surface area contributed by atoms with E-state index in [1.165, 1.54) is 7.11 Å². The first-order valence-electron chi connectivity index (χ1n) is 3.93. The normalized spacial score (nSPS) is 10.4. The average molecular weight is 236 g/mol. The molecule has 0 bridgehead atoms. The number of methoxy groups -OCH3 is 1. The smallest absolute Gasteiger partial charge is 0.374 e. The zero-order valence-electron chi connectivity index (χ0n) is 8.67. The fraction of sp³-hybridized carbons (Fsp3) is 0.500. The molecule has 3 N–H and O–H groups in total. The SMILES string of the molecule is COC(=O)C(C)=O.O=C(O)CC(O)C(=O)O. The van der Waals surface area contributed by atoms with Crippen molar-refractivity contribution >= 4 is 23.7 Å². The number of aliphatic hydroxyl groups is 1. The molecule has 0 saturated heterocycles. The van der Waals surface area contributed by atoms with E-state index in [-0.39, 0.29) is 0 Å². The first-order valence-corrected chi connectivity index (χ1v) is 3.93. The monoisotopic (exact) mass is 236 g/mol. The highest BCUT2D eigenvalue weighted by molar-refractivity contribution is 6.32. The molecule has 0 rings (SSSR count). The quantitative estimate of drug-likeness (QED) is 0.402. The molecule has 0 aromatic carbocycles. The maximum Gasteiger partial charge on any atom is 0.374 e. The van der Waals surface area contributed by atoms with Gasteiger partial charge in [-0.1, -0.05) is 0 Å². The van der Waals surface area contributed by atoms with Gasteiger partial charge in [-0.05, 0) is 0 Å². The van der Waals surface area contributed by atoms with Crippen molar-refractivity contribution in [1.29, 1.82) is 0 Å². The zero-order valence-corrected chi connectivity index (χ0v) is 8.67. The van der Waals surface area contributed by atoms with Crippen LogP contribution in [0.1, 0.15) is 13.3 Å². The highest BCUT2D eigenvalue weighted by Crippen LogP contribution is 1.89. The molecule has 0 fully saturated rings. The minimum Gasteiger partial charge on any atom is -0.481 e. The molecule has 0 saturated carbocycles. The van der Waals surface area contributed by atoms with Crippen LogP contribution in [0.5, 0.6) is 0 Å². The van der Waals surface area contributed by atoms with Crippen LogP contribution in [0.4, 0.5) is 0 Å². The second-order valence-electron chi connectivity index (χ2n) is 2.50. The number of esters is 1. The van der Waals surface area contributed by atoms with E-state index >= 15 is 0 Å². The van der Waals surface area contributed by atoms with Crippen molar-refractivity contribution in [3.05, 3.63) is 0 Å². The van der Waals surface area contributed by atoms with Crippen molar-refractivity contribution in [2.75, 3.05) is 7.11 Å². The van der Waals surface area contributed by atoms with Gasteiger partial charge in [-0.3, -0.25) is 9.59 Å². The Bertz CT molecular complexity index is 282. The van der Waals surface area contributed by atoms with E-state index in [0.29, 0.717) is 0 Å². The molecule has 0 aromatic heterocycles. The van der Waals surface area contributed by atoms with Gasteiger partial charge in [-0.2, -0.15) is 0 Å². The molecule has 8 nitrogen and oxygen atoms in total. The largest absolute Gasteiger partial charge is 0.481 e. The van der Waals surface area contributed by atoms with Crippen molar-refractivity contribution in [1.82, 2.24) is 0 Å². The van der Waals surface area contributed by atoms with Crippen molar-refractivity contribution < 1.29 is 39.2 Å². The van der Waals surface area contributed by atoms with Crippen LogP contribution in [0, 0.1) is 0 Å². The molecule has 0 heterocycles. The summed E-state index contributed by atoms with van der Waals surface area (Å²) in [6.45, 7) is 1.16. The van der Waals surface area contributed by atoms with Crippen molar-refractivity contribution in [2.24, 2.45) is 0 Å². The standard InChI is InChI=1S/C4H6O5.C4H6O3/c5-2(4(8)9)1-3(6)7;1-3(5)4(6)7-2/h2,5H,1H2,(H,6,7)(H,8,9);1-2H3. The summed E-state index contributed by atoms with van der Waals surface area (Å²) in [5, 5.41) is 24.1. The number of carbonyl (C=O) groups excluding carboxylic acids is 2. The van der Waals surface area contributed by atoms with Gasteiger partial charge in [0.25, 0.3) is 0 Å². The van der Waals surface area contributed by atoms with Crippen LogP contribution >= 0.6 is 0 Å². The molecule has 16 heavy (non-hydrogen) atoms. The highest BCUT2D eigenvalue weighted by atomic mass is 16.5. The number of rotatable bonds is 4. The first kappa shape index (κ1) is 16.5. The van der Waals surface area contributed by atoms with E-state index in [1.54, 1.807) is 0 Å². The van der Waals surface area contributed by atoms with Crippen LogP contribution < -0.4 is 0 Å². The van der Waals surface area contributed by atoms with Gasteiger partial charge in [0.1, 0.15) is 0 Å². The van der Waals surface area contributed by atoms with E-state index < -0.39 is 36.2 Å². The van der Waals surface area contributed by atoms with E-state index in [9.17, 15) is 19.2 Å². The van der Waals surface area contributed by atoms with Crippen molar-refractivity contribution in [3.63, 3.8) is 0 Å². The van der Waals surface area contributed by atoms with Gasteiger partial charge in [0.05, 0.1) is 13.5 Å². The summed E-state index contributed by atoms with van der Waals surface area (Å²) in [6.07, 6.45) is -2.54. The minimum atomic E-state index is -1.79. The average Bonchev–Trinajstić information content (AvgIpc) is 2.16. The highest BCUT2D eigenvalue weighted by Gasteiger charge is 2.16. The van der Waals surface area contributed by atoms with Crippen LogP contribution in [0.2, 0.25) is 0 Å². The first-order chi connectivity index (χ1) is 7.22. The Morgan fingerprint density at radius 1 is 1.19 bits per heavy atom. The number of carbonyl (C=O) groups is 4. The van der Waals surface area contributed by atoms with E-state index in [0.717, 1.165) is 6.92 Å². The maximum atomic E-state index is 9.94. The summed E-state index contributed by atoms with van der Waals surface area (Å²) in [5.74, 6) is -4.20. The van der Waals surface area contributed by atoms with Gasteiger partial charge in [0.2, 0.25) is 5.78 Å². The Morgan fingerprint density at radius 2 is 1.62 bits per heavy atom. The molecule has 0 aliphatic heterocycles. The van der Waals surface area contributed by atoms with E-state index in [2.05, 4.69) is 4.74 Å². The van der Waals surface area contributed by atoms with E-state index in [1.807, 2.05) is 0 Å². The second-order valence-corrected chi connectivity index (χ2v) is 2.50. The lowest BCUT2D eigenvalue weighted by Crippen LogP contribution is -2.22. The Labute approximate surface area is 90.4 Å². The number of carboxylic acid groups (broad SMARTS) is 2. The summed E-state index contributed by atoms with van der Waals surface area (Å²) in [4.78, 5) is 39.3. The number of aliphatic hydroxyl groups excluding tert-OH is 1. The molecule has 0 aromatic rings. The Hall–Kier alpha value is -1.96. The Kier molecular flexibility index (Phi) is 8.60. The molecule has 0 amide bonds. The third-order valence-corrected chi connectivity index (χ3v) is 1.13. The predicted octanol–water partition coefficient (Wildman–Crippen LogP) is -1.34. The lowest BCUT2D eigenvalue weighted by atomic mass is 10.3. The number of ketones is 1. The number of aliphatic carboxylic acids is 2. The van der Waals surface area contributed by atoms with Crippen LogP contribution in [-0.2, 0) is 23.9 Å². The number of hydrogen-bond acceptors (Lipinski definition) is 6. The van der Waals surface area contributed by atoms with Gasteiger partial charge in [-0.25, -0.2) is 9.59 Å². The fourth-order valence-corrected chi connectivity index (χ4v) is 0.396. The maximum absolute atomic E-state index is 9.94. The molecule has 0 radical (unpaired) electrons. The van der Waals surface area contributed by atoms with Gasteiger partial charge in [0.15, 0.2) is 6.10 Å². The van der Waals surface area contributed by atoms with Crippen LogP contribution in [0.25, 0.3) is 0 Å². The molecule has 1 unspecified atom stereocenters. The molecule has 0 aliphatic rings. The molecule has 8 heteroatoms. The van der Waals surface area contributed by atoms with Gasteiger partial charge < -0.3 is 20.1 Å². The van der Waals surface area contributed by atoms with Crippen LogP contribution in [0.3, 0.4) is 0 Å². The number of Topliss-reactive ketones (excluding diaryl/α,β-unsaturated/α-hetero) is 1. The van der Waals surface area contributed by atoms with E-state index in [4.69, 9.17) is 15.3 Å². The minimum absolute atomic E-state index is 0.567. The van der Waals surface area contributed by atoms with Gasteiger partial charge in [0, 0.05) is 6.92 Å². The molecular weight excluding hydrogens is 224 g/mol. The molecule has 0 aliphatic carbocycles. The third kappa shape index (κ3) is 10.1. The Morgan fingerprint density at radius 3 is 1.69 bits per heavy atom. The second kappa shape index (κ2) is 8.36. The van der Waals surface area contributed by atoms with Gasteiger partial charge in [-0.15, -0.1) is 0 Å². The fourth-order valence-electron chi connectivity index (χ4n) is 0.396. The topological polar surface area (TPSA) is 138 Å². The molecule has 1 atom stereocenters. The van der Waals surface area contributed by atoms with Gasteiger partial charge >= 0.3 is 17.9 Å². The molecule has 0 spiro atoms. The molecular formula is C8H12O8. The summed E-state index contributed by atoms with van der Waals surface area (Å²) in [7, 11) is 1.17. The molecule has 92 valence electrons. The third-order valence-electron chi connectivity index (χ3n) is 1.13. The summed E-state index contributed by atoms with van der Waals surface area (Å²) >= 11 is 0. The lowest BCUT2D eigenvalue weighted by molar-refractivity contribution is -0.152. The van der Waals surface area contributed by atoms with Crippen LogP contribution in [-0.4, -0.2) is 52.2 Å².